The quantitative estimate of drug-likeness (QED) is 0.389. The summed E-state index contributed by atoms with van der Waals surface area (Å²) in [6.07, 6.45) is 10.3. The molecule has 0 radical (unpaired) electrons. The summed E-state index contributed by atoms with van der Waals surface area (Å²) in [5, 5.41) is 0. The van der Waals surface area contributed by atoms with Gasteiger partial charge in [-0.05, 0) is 0 Å². The molecule has 0 amide bonds. The molecule has 6 heteroatoms. The van der Waals surface area contributed by atoms with Gasteiger partial charge < -0.3 is 24.8 Å². The minimum absolute atomic E-state index is 0. The van der Waals surface area contributed by atoms with E-state index in [0.29, 0.717) is 10.4 Å². The fraction of sp³-hybridized carbons (Fsp3) is 0.381. The molecule has 27 heavy (non-hydrogen) atoms. The summed E-state index contributed by atoms with van der Waals surface area (Å²) >= 11 is -1.92. The number of fused-ring (bicyclic) bond motifs is 1. The monoisotopic (exact) mass is 500 g/mol. The number of halogens is 2. The number of hydrogen-bond donors (Lipinski definition) is 0. The molecule has 1 atom stereocenters. The van der Waals surface area contributed by atoms with Crippen molar-refractivity contribution in [1.29, 1.82) is 0 Å². The van der Waals surface area contributed by atoms with E-state index in [2.05, 4.69) is 82.1 Å². The van der Waals surface area contributed by atoms with Gasteiger partial charge in [-0.3, -0.25) is 0 Å². The second-order valence-electron chi connectivity index (χ2n) is 7.88. The van der Waals surface area contributed by atoms with Crippen molar-refractivity contribution in [1.82, 2.24) is 0 Å². The maximum atomic E-state index is 5.87. The van der Waals surface area contributed by atoms with Crippen LogP contribution in [0.25, 0.3) is 6.08 Å². The predicted octanol–water partition coefficient (Wildman–Crippen LogP) is -0.410. The minimum Gasteiger partial charge on any atom is -1.00 e. The fourth-order valence-electron chi connectivity index (χ4n) is 3.40. The normalized spacial score (nSPS) is 17.0. The van der Waals surface area contributed by atoms with E-state index >= 15 is 0 Å². The molecular formula is C21H28Cl2O2SiZr. The summed E-state index contributed by atoms with van der Waals surface area (Å²) in [6.45, 7) is 11.6. The Hall–Kier alpha value is -0.250. The summed E-state index contributed by atoms with van der Waals surface area (Å²) in [5.74, 6) is 1.00. The minimum atomic E-state index is -1.92. The summed E-state index contributed by atoms with van der Waals surface area (Å²) in [7, 11) is -1.52. The van der Waals surface area contributed by atoms with Crippen LogP contribution in [-0.4, -0.2) is 18.3 Å². The van der Waals surface area contributed by atoms with E-state index in [9.17, 15) is 0 Å². The van der Waals surface area contributed by atoms with Crippen molar-refractivity contribution in [3.63, 3.8) is 0 Å². The Morgan fingerprint density at radius 3 is 2.52 bits per heavy atom. The van der Waals surface area contributed by atoms with E-state index in [4.69, 9.17) is 9.16 Å². The maximum Gasteiger partial charge on any atom is -1.00 e. The Bertz CT molecular complexity index is 788. The molecule has 0 bridgehead atoms. The van der Waals surface area contributed by atoms with E-state index in [-0.39, 0.29) is 24.8 Å². The molecular weight excluding hydrogens is 474 g/mol. The van der Waals surface area contributed by atoms with Crippen LogP contribution in [0.2, 0.25) is 19.6 Å². The van der Waals surface area contributed by atoms with E-state index < -0.39 is 29.6 Å². The van der Waals surface area contributed by atoms with Crippen LogP contribution < -0.4 is 24.8 Å². The summed E-state index contributed by atoms with van der Waals surface area (Å²) in [5.41, 5.74) is 2.92. The molecule has 1 unspecified atom stereocenters. The zero-order valence-corrected chi connectivity index (χ0v) is 21.7. The van der Waals surface area contributed by atoms with Crippen molar-refractivity contribution < 1.29 is 55.2 Å². The van der Waals surface area contributed by atoms with Crippen molar-refractivity contribution in [2.45, 2.75) is 43.5 Å². The topological polar surface area (TPSA) is 18.5 Å². The van der Waals surface area contributed by atoms with Gasteiger partial charge in [-0.15, -0.1) is 0 Å². The van der Waals surface area contributed by atoms with Gasteiger partial charge in [0.05, 0.1) is 0 Å². The molecule has 1 aromatic rings. The smallest absolute Gasteiger partial charge is 1.00 e. The third-order valence-corrected chi connectivity index (χ3v) is 13.5. The van der Waals surface area contributed by atoms with E-state index in [1.807, 2.05) is 0 Å². The Morgan fingerprint density at radius 2 is 1.85 bits per heavy atom. The molecule has 2 nitrogen and oxygen atoms in total. The first-order valence-corrected chi connectivity index (χ1v) is 16.3. The van der Waals surface area contributed by atoms with Gasteiger partial charge in [0, 0.05) is 0 Å². The van der Waals surface area contributed by atoms with Gasteiger partial charge in [0.15, 0.2) is 0 Å². The molecule has 2 aliphatic carbocycles. The molecule has 3 rings (SSSR count). The molecule has 0 aromatic heterocycles. The van der Waals surface area contributed by atoms with Crippen molar-refractivity contribution in [3.8, 4) is 0 Å². The van der Waals surface area contributed by atoms with Crippen LogP contribution in [0.3, 0.4) is 0 Å². The number of ether oxygens (including phenoxy) is 1. The summed E-state index contributed by atoms with van der Waals surface area (Å²) in [6, 6.07) is 8.86. The Kier molecular flexibility index (Phi) is 9.64. The van der Waals surface area contributed by atoms with Crippen LogP contribution in [0.15, 0.2) is 51.5 Å². The predicted molar refractivity (Wildman–Crippen MR) is 106 cm³/mol. The summed E-state index contributed by atoms with van der Waals surface area (Å²) in [4.78, 5) is 0. The Balaban J connectivity index is 0.00000182. The average molecular weight is 503 g/mol. The van der Waals surface area contributed by atoms with Crippen LogP contribution in [0.5, 0.6) is 0 Å². The second kappa shape index (κ2) is 10.5. The van der Waals surface area contributed by atoms with Gasteiger partial charge in [0.1, 0.15) is 0 Å². The van der Waals surface area contributed by atoms with Crippen molar-refractivity contribution >= 4 is 17.6 Å². The van der Waals surface area contributed by atoms with E-state index in [0.717, 1.165) is 12.2 Å². The largest absolute Gasteiger partial charge is 1.00 e. The Labute approximate surface area is 184 Å². The first-order valence-electron chi connectivity index (χ1n) is 8.97. The maximum absolute atomic E-state index is 5.87. The molecule has 0 heterocycles. The molecule has 0 saturated heterocycles. The number of rotatable bonds is 6. The van der Waals surface area contributed by atoms with Gasteiger partial charge in [0.25, 0.3) is 0 Å². The average Bonchev–Trinajstić information content (AvgIpc) is 3.14. The van der Waals surface area contributed by atoms with Crippen LogP contribution in [0.4, 0.5) is 0 Å². The summed E-state index contributed by atoms with van der Waals surface area (Å²) < 4.78 is 15.6. The molecule has 0 saturated carbocycles. The van der Waals surface area contributed by atoms with Gasteiger partial charge in [-0.25, -0.2) is 0 Å². The third kappa shape index (κ3) is 6.37. The standard InChI is InChI=1S/C9H15O2Si.C9H7.C3H6.2ClH.Zr/c1-12(2,3)11-8-10-9-6-4-5-7-9;1-2-5-9-7-3-6-8(9)4-1;1-3-2;;;/h6-7H,4,8H2,1-3H3;1-7H;1-2H3;2*1H;/q;;;;;+2/p-2. The van der Waals surface area contributed by atoms with E-state index in [1.54, 1.807) is 6.49 Å². The van der Waals surface area contributed by atoms with Crippen molar-refractivity contribution in [3.05, 3.63) is 62.7 Å². The zero-order valence-electron chi connectivity index (χ0n) is 16.7. The van der Waals surface area contributed by atoms with Crippen LogP contribution in [-0.2, 0) is 30.4 Å². The number of hydrogen-bond acceptors (Lipinski definition) is 2. The first-order chi connectivity index (χ1) is 11.8. The van der Waals surface area contributed by atoms with Crippen LogP contribution in [0, 0.1) is 0 Å². The van der Waals surface area contributed by atoms with Crippen LogP contribution >= 0.6 is 0 Å². The van der Waals surface area contributed by atoms with E-state index in [1.165, 1.54) is 11.1 Å². The third-order valence-electron chi connectivity index (χ3n) is 4.55. The molecule has 0 spiro atoms. The van der Waals surface area contributed by atoms with Crippen molar-refractivity contribution in [2.75, 3.05) is 6.79 Å². The molecule has 146 valence electrons. The SMILES string of the molecule is C[C](C)=[Zr+2]([C]1=CC(OCO[Si](C)(C)C)=CC1)[CH]1C=Cc2ccccc21.[Cl-].[Cl-]. The Morgan fingerprint density at radius 1 is 1.15 bits per heavy atom. The van der Waals surface area contributed by atoms with Gasteiger partial charge in [0.2, 0.25) is 0 Å². The number of benzene rings is 1. The van der Waals surface area contributed by atoms with Crippen molar-refractivity contribution in [2.24, 2.45) is 0 Å². The fourth-order valence-corrected chi connectivity index (χ4v) is 11.5. The molecule has 0 fully saturated rings. The van der Waals surface area contributed by atoms with Crippen LogP contribution in [0.1, 0.15) is 35.0 Å². The molecule has 0 aliphatic heterocycles. The second-order valence-corrected chi connectivity index (χ2v) is 20.0. The molecule has 0 N–H and O–H groups in total. The first kappa shape index (κ1) is 24.8. The number of allylic oxidation sites excluding steroid dienone is 4. The van der Waals surface area contributed by atoms with Gasteiger partial charge in [-0.2, -0.15) is 0 Å². The van der Waals surface area contributed by atoms with Gasteiger partial charge >= 0.3 is 161 Å². The van der Waals surface area contributed by atoms with Gasteiger partial charge in [-0.1, -0.05) is 0 Å². The molecule has 2 aliphatic rings. The molecule has 1 aromatic carbocycles. The zero-order chi connectivity index (χ0) is 18.0.